The van der Waals surface area contributed by atoms with Crippen LogP contribution < -0.4 is 10.5 Å². The van der Waals surface area contributed by atoms with E-state index in [1.165, 1.54) is 0 Å². The number of H-pyrrole nitrogens is 1. The SMILES string of the molecule is Nc1n[nH]c2c(-c3ccncc3)ncc(-c3ccc(Oc4ccccc4)cc3)c12. The number of nitrogen functional groups attached to an aromatic ring is 1. The van der Waals surface area contributed by atoms with E-state index in [2.05, 4.69) is 20.2 Å². The molecule has 0 amide bonds. The minimum Gasteiger partial charge on any atom is -0.457 e. The number of ether oxygens (including phenoxy) is 1. The van der Waals surface area contributed by atoms with Crippen molar-refractivity contribution in [3.63, 3.8) is 0 Å². The molecule has 0 radical (unpaired) electrons. The van der Waals surface area contributed by atoms with Gasteiger partial charge >= 0.3 is 0 Å². The average Bonchev–Trinajstić information content (AvgIpc) is 3.17. The highest BCUT2D eigenvalue weighted by molar-refractivity contribution is 6.06. The second-order valence-electron chi connectivity index (χ2n) is 6.55. The van der Waals surface area contributed by atoms with Crippen molar-refractivity contribution in [2.24, 2.45) is 0 Å². The van der Waals surface area contributed by atoms with E-state index in [9.17, 15) is 0 Å². The zero-order chi connectivity index (χ0) is 19.6. The van der Waals surface area contributed by atoms with Gasteiger partial charge in [-0.1, -0.05) is 30.3 Å². The monoisotopic (exact) mass is 379 g/mol. The molecule has 6 nitrogen and oxygen atoms in total. The third-order valence-electron chi connectivity index (χ3n) is 4.72. The minimum absolute atomic E-state index is 0.442. The number of aromatic amines is 1. The quantitative estimate of drug-likeness (QED) is 0.455. The first-order valence-corrected chi connectivity index (χ1v) is 9.16. The van der Waals surface area contributed by atoms with Crippen molar-refractivity contribution in [1.82, 2.24) is 20.2 Å². The molecule has 0 saturated carbocycles. The molecule has 3 heterocycles. The van der Waals surface area contributed by atoms with Crippen LogP contribution in [0.1, 0.15) is 0 Å². The van der Waals surface area contributed by atoms with Gasteiger partial charge in [0, 0.05) is 29.7 Å². The fourth-order valence-corrected chi connectivity index (χ4v) is 3.33. The molecule has 5 rings (SSSR count). The number of anilines is 1. The topological polar surface area (TPSA) is 89.7 Å². The Morgan fingerprint density at radius 3 is 2.28 bits per heavy atom. The summed E-state index contributed by atoms with van der Waals surface area (Å²) in [6.45, 7) is 0. The second kappa shape index (κ2) is 7.09. The molecule has 5 aromatic rings. The normalized spacial score (nSPS) is 10.9. The summed E-state index contributed by atoms with van der Waals surface area (Å²) < 4.78 is 5.88. The summed E-state index contributed by atoms with van der Waals surface area (Å²) in [5, 5.41) is 8.09. The van der Waals surface area contributed by atoms with E-state index in [4.69, 9.17) is 10.5 Å². The largest absolute Gasteiger partial charge is 0.457 e. The standard InChI is InChI=1S/C23H17N5O/c24-23-20-19(14-26-21(22(20)27-28-23)16-10-12-25-13-11-16)15-6-8-18(9-7-15)29-17-4-2-1-3-5-17/h1-14H,(H3,24,27,28). The van der Waals surface area contributed by atoms with Crippen LogP contribution in [0, 0.1) is 0 Å². The third kappa shape index (κ3) is 3.17. The van der Waals surface area contributed by atoms with Crippen molar-refractivity contribution in [3.8, 4) is 33.9 Å². The number of nitrogens with two attached hydrogens (primary N) is 1. The maximum absolute atomic E-state index is 6.19. The number of para-hydroxylation sites is 1. The fourth-order valence-electron chi connectivity index (χ4n) is 3.33. The zero-order valence-electron chi connectivity index (χ0n) is 15.4. The Labute approximate surface area is 167 Å². The molecule has 0 aliphatic rings. The highest BCUT2D eigenvalue weighted by atomic mass is 16.5. The Hall–Kier alpha value is -4.19. The number of nitrogens with one attached hydrogen (secondary N) is 1. The lowest BCUT2D eigenvalue weighted by atomic mass is 10.0. The second-order valence-corrected chi connectivity index (χ2v) is 6.55. The van der Waals surface area contributed by atoms with Gasteiger partial charge in [0.05, 0.1) is 16.6 Å². The molecule has 0 aliphatic carbocycles. The van der Waals surface area contributed by atoms with Crippen LogP contribution in [0.3, 0.4) is 0 Å². The molecule has 2 aromatic carbocycles. The number of rotatable bonds is 4. The molecule has 29 heavy (non-hydrogen) atoms. The Bertz CT molecular complexity index is 1270. The van der Waals surface area contributed by atoms with E-state index >= 15 is 0 Å². The molecule has 0 bridgehead atoms. The molecular formula is C23H17N5O. The van der Waals surface area contributed by atoms with Gasteiger partial charge in [-0.2, -0.15) is 5.10 Å². The van der Waals surface area contributed by atoms with Crippen LogP contribution in [0.4, 0.5) is 5.82 Å². The first-order valence-electron chi connectivity index (χ1n) is 9.16. The van der Waals surface area contributed by atoms with Gasteiger partial charge in [-0.25, -0.2) is 0 Å². The van der Waals surface area contributed by atoms with Crippen molar-refractivity contribution in [2.45, 2.75) is 0 Å². The van der Waals surface area contributed by atoms with Crippen LogP contribution in [0.15, 0.2) is 85.3 Å². The highest BCUT2D eigenvalue weighted by Gasteiger charge is 2.16. The van der Waals surface area contributed by atoms with E-state index in [0.717, 1.165) is 44.8 Å². The lowest BCUT2D eigenvalue weighted by molar-refractivity contribution is 0.483. The van der Waals surface area contributed by atoms with Gasteiger partial charge in [0.25, 0.3) is 0 Å². The number of pyridine rings is 2. The summed E-state index contributed by atoms with van der Waals surface area (Å²) in [6.07, 6.45) is 5.31. The molecular weight excluding hydrogens is 362 g/mol. The lowest BCUT2D eigenvalue weighted by Gasteiger charge is -2.09. The predicted molar refractivity (Wildman–Crippen MR) is 113 cm³/mol. The molecule has 0 spiro atoms. The summed E-state index contributed by atoms with van der Waals surface area (Å²) in [5.74, 6) is 2.00. The molecule has 0 unspecified atom stereocenters. The molecule has 6 heteroatoms. The van der Waals surface area contributed by atoms with Gasteiger partial charge in [-0.15, -0.1) is 0 Å². The molecule has 140 valence electrons. The molecule has 0 fully saturated rings. The Balaban J connectivity index is 1.55. The van der Waals surface area contributed by atoms with Crippen LogP contribution in [-0.4, -0.2) is 20.2 Å². The number of hydrogen-bond donors (Lipinski definition) is 2. The third-order valence-corrected chi connectivity index (χ3v) is 4.72. The maximum atomic E-state index is 6.19. The molecule has 0 saturated heterocycles. The highest BCUT2D eigenvalue weighted by Crippen LogP contribution is 2.36. The first-order chi connectivity index (χ1) is 14.3. The van der Waals surface area contributed by atoms with Gasteiger partial charge in [0.15, 0.2) is 5.82 Å². The minimum atomic E-state index is 0.442. The summed E-state index contributed by atoms with van der Waals surface area (Å²) in [5.41, 5.74) is 10.6. The Kier molecular flexibility index (Phi) is 4.14. The van der Waals surface area contributed by atoms with Crippen LogP contribution in [0.25, 0.3) is 33.3 Å². The van der Waals surface area contributed by atoms with Crippen molar-refractivity contribution in [2.75, 3.05) is 5.73 Å². The van der Waals surface area contributed by atoms with Crippen LogP contribution >= 0.6 is 0 Å². The van der Waals surface area contributed by atoms with E-state index in [1.807, 2.05) is 72.9 Å². The van der Waals surface area contributed by atoms with Crippen LogP contribution in [-0.2, 0) is 0 Å². The molecule has 3 N–H and O–H groups in total. The Morgan fingerprint density at radius 2 is 1.52 bits per heavy atom. The van der Waals surface area contributed by atoms with Gasteiger partial charge < -0.3 is 10.5 Å². The number of fused-ring (bicyclic) bond motifs is 1. The predicted octanol–water partition coefficient (Wildman–Crippen LogP) is 5.06. The number of nitrogens with zero attached hydrogens (tertiary/aromatic N) is 3. The number of benzene rings is 2. The molecule has 0 atom stereocenters. The number of aromatic nitrogens is 4. The van der Waals surface area contributed by atoms with E-state index in [1.54, 1.807) is 12.4 Å². The van der Waals surface area contributed by atoms with E-state index < -0.39 is 0 Å². The van der Waals surface area contributed by atoms with E-state index in [-0.39, 0.29) is 0 Å². The van der Waals surface area contributed by atoms with Crippen molar-refractivity contribution in [3.05, 3.63) is 85.3 Å². The van der Waals surface area contributed by atoms with E-state index in [0.29, 0.717) is 5.82 Å². The summed E-state index contributed by atoms with van der Waals surface area (Å²) in [6, 6.07) is 21.4. The van der Waals surface area contributed by atoms with Gasteiger partial charge in [0.1, 0.15) is 11.5 Å². The molecule has 3 aromatic heterocycles. The summed E-state index contributed by atoms with van der Waals surface area (Å²) in [7, 11) is 0. The zero-order valence-corrected chi connectivity index (χ0v) is 15.4. The van der Waals surface area contributed by atoms with Gasteiger partial charge in [0.2, 0.25) is 0 Å². The lowest BCUT2D eigenvalue weighted by Crippen LogP contribution is -1.91. The van der Waals surface area contributed by atoms with Gasteiger partial charge in [-0.3, -0.25) is 15.1 Å². The fraction of sp³-hybridized carbons (Fsp3) is 0. The Morgan fingerprint density at radius 1 is 0.793 bits per heavy atom. The van der Waals surface area contributed by atoms with Gasteiger partial charge in [-0.05, 0) is 42.0 Å². The van der Waals surface area contributed by atoms with Crippen molar-refractivity contribution in [1.29, 1.82) is 0 Å². The first kappa shape index (κ1) is 16.9. The van der Waals surface area contributed by atoms with Crippen molar-refractivity contribution < 1.29 is 4.74 Å². The number of hydrogen-bond acceptors (Lipinski definition) is 5. The summed E-state index contributed by atoms with van der Waals surface area (Å²) >= 11 is 0. The maximum Gasteiger partial charge on any atom is 0.153 e. The molecule has 0 aliphatic heterocycles. The summed E-state index contributed by atoms with van der Waals surface area (Å²) in [4.78, 5) is 8.74. The average molecular weight is 379 g/mol. The van der Waals surface area contributed by atoms with Crippen LogP contribution in [0.5, 0.6) is 11.5 Å². The van der Waals surface area contributed by atoms with Crippen molar-refractivity contribution >= 4 is 16.7 Å². The smallest absolute Gasteiger partial charge is 0.153 e. The van der Waals surface area contributed by atoms with Crippen LogP contribution in [0.2, 0.25) is 0 Å².